The van der Waals surface area contributed by atoms with E-state index in [0.717, 1.165) is 19.4 Å². The zero-order valence-electron chi connectivity index (χ0n) is 9.61. The number of nitrogens with one attached hydrogen (secondary N) is 1. The van der Waals surface area contributed by atoms with E-state index in [9.17, 15) is 9.59 Å². The molecule has 2 rings (SSSR count). The average Bonchev–Trinajstić information content (AvgIpc) is 2.69. The minimum Gasteiger partial charge on any atom is -0.354 e. The number of nitrogens with zero attached hydrogens (tertiary/aromatic N) is 1. The quantitative estimate of drug-likeness (QED) is 0.663. The van der Waals surface area contributed by atoms with Gasteiger partial charge in [-0.3, -0.25) is 9.59 Å². The van der Waals surface area contributed by atoms with E-state index in [4.69, 9.17) is 5.73 Å². The molecule has 5 nitrogen and oxygen atoms in total. The number of rotatable bonds is 2. The van der Waals surface area contributed by atoms with Crippen LogP contribution in [0.2, 0.25) is 0 Å². The predicted octanol–water partition coefficient (Wildman–Crippen LogP) is -0.539. The maximum atomic E-state index is 12.0. The summed E-state index contributed by atoms with van der Waals surface area (Å²) in [5.74, 6) is 0.0722. The molecular formula is C11H19N3O2. The Labute approximate surface area is 95.3 Å². The first-order valence-electron chi connectivity index (χ1n) is 5.99. The normalized spacial score (nSPS) is 30.9. The van der Waals surface area contributed by atoms with Crippen LogP contribution in [0, 0.1) is 5.92 Å². The van der Waals surface area contributed by atoms with E-state index in [1.807, 2.05) is 6.92 Å². The summed E-state index contributed by atoms with van der Waals surface area (Å²) in [6.45, 7) is 3.23. The zero-order valence-corrected chi connectivity index (χ0v) is 9.61. The lowest BCUT2D eigenvalue weighted by Crippen LogP contribution is -2.53. The Morgan fingerprint density at radius 2 is 2.44 bits per heavy atom. The number of nitrogens with two attached hydrogens (primary N) is 1. The summed E-state index contributed by atoms with van der Waals surface area (Å²) in [5, 5.41) is 2.83. The fraction of sp³-hybridized carbons (Fsp3) is 0.818. The molecule has 2 aliphatic rings. The standard InChI is InChI=1S/C11H19N3O2/c1-2-8(12)11(16)14-5-3-4-7-9(14)6-13-10(7)15/h7-9H,2-6,12H2,1H3,(H,13,15)/t7?,8-,9?/m0/s1. The fourth-order valence-corrected chi connectivity index (χ4v) is 2.61. The third kappa shape index (κ3) is 1.80. The van der Waals surface area contributed by atoms with Crippen LogP contribution >= 0.6 is 0 Å². The Bertz CT molecular complexity index is 306. The maximum absolute atomic E-state index is 12.0. The second-order valence-electron chi connectivity index (χ2n) is 4.61. The summed E-state index contributed by atoms with van der Waals surface area (Å²) < 4.78 is 0. The molecule has 16 heavy (non-hydrogen) atoms. The highest BCUT2D eigenvalue weighted by atomic mass is 16.2. The molecule has 0 radical (unpaired) electrons. The molecule has 0 bridgehead atoms. The first-order chi connectivity index (χ1) is 7.65. The highest BCUT2D eigenvalue weighted by molar-refractivity contribution is 5.86. The van der Waals surface area contributed by atoms with Gasteiger partial charge in [-0.25, -0.2) is 0 Å². The molecule has 0 saturated carbocycles. The second-order valence-corrected chi connectivity index (χ2v) is 4.61. The van der Waals surface area contributed by atoms with Gasteiger partial charge in [0.15, 0.2) is 0 Å². The van der Waals surface area contributed by atoms with Gasteiger partial charge in [-0.1, -0.05) is 6.92 Å². The van der Waals surface area contributed by atoms with Crippen LogP contribution in [0.15, 0.2) is 0 Å². The third-order valence-electron chi connectivity index (χ3n) is 3.64. The number of likely N-dealkylation sites (tertiary alicyclic amines) is 1. The van der Waals surface area contributed by atoms with Crippen molar-refractivity contribution in [2.24, 2.45) is 11.7 Å². The van der Waals surface area contributed by atoms with E-state index in [1.165, 1.54) is 0 Å². The molecule has 0 aliphatic carbocycles. The molecule has 0 spiro atoms. The molecule has 2 amide bonds. The molecule has 90 valence electrons. The van der Waals surface area contributed by atoms with E-state index in [0.29, 0.717) is 13.0 Å². The van der Waals surface area contributed by atoms with Crippen molar-refractivity contribution in [3.63, 3.8) is 0 Å². The van der Waals surface area contributed by atoms with Crippen molar-refractivity contribution in [1.29, 1.82) is 0 Å². The minimum atomic E-state index is -0.422. The van der Waals surface area contributed by atoms with Crippen LogP contribution in [-0.2, 0) is 9.59 Å². The van der Waals surface area contributed by atoms with Gasteiger partial charge in [0, 0.05) is 13.1 Å². The number of carbonyl (C=O) groups is 2. The van der Waals surface area contributed by atoms with Gasteiger partial charge in [-0.05, 0) is 19.3 Å². The number of hydrogen-bond donors (Lipinski definition) is 2. The first kappa shape index (κ1) is 11.4. The Balaban J connectivity index is 2.10. The Morgan fingerprint density at radius 3 is 3.12 bits per heavy atom. The summed E-state index contributed by atoms with van der Waals surface area (Å²) in [7, 11) is 0. The third-order valence-corrected chi connectivity index (χ3v) is 3.64. The molecule has 2 fully saturated rings. The van der Waals surface area contributed by atoms with Gasteiger partial charge < -0.3 is 16.0 Å². The predicted molar refractivity (Wildman–Crippen MR) is 59.5 cm³/mol. The lowest BCUT2D eigenvalue weighted by atomic mass is 9.91. The Morgan fingerprint density at radius 1 is 1.69 bits per heavy atom. The van der Waals surface area contributed by atoms with E-state index in [1.54, 1.807) is 4.90 Å². The van der Waals surface area contributed by atoms with Crippen LogP contribution in [0.5, 0.6) is 0 Å². The molecule has 3 atom stereocenters. The number of carbonyl (C=O) groups excluding carboxylic acids is 2. The number of piperidine rings is 1. The number of amides is 2. The molecule has 2 aliphatic heterocycles. The van der Waals surface area contributed by atoms with E-state index in [2.05, 4.69) is 5.32 Å². The minimum absolute atomic E-state index is 0.00583. The van der Waals surface area contributed by atoms with Crippen molar-refractivity contribution >= 4 is 11.8 Å². The highest BCUT2D eigenvalue weighted by Crippen LogP contribution is 2.27. The number of fused-ring (bicyclic) bond motifs is 1. The van der Waals surface area contributed by atoms with Crippen molar-refractivity contribution in [2.75, 3.05) is 13.1 Å². The topological polar surface area (TPSA) is 75.4 Å². The molecule has 0 aromatic carbocycles. The van der Waals surface area contributed by atoms with Crippen LogP contribution in [0.3, 0.4) is 0 Å². The van der Waals surface area contributed by atoms with Crippen molar-refractivity contribution in [3.8, 4) is 0 Å². The smallest absolute Gasteiger partial charge is 0.239 e. The molecular weight excluding hydrogens is 206 g/mol. The van der Waals surface area contributed by atoms with Crippen molar-refractivity contribution in [2.45, 2.75) is 38.3 Å². The maximum Gasteiger partial charge on any atom is 0.239 e. The number of hydrogen-bond acceptors (Lipinski definition) is 3. The molecule has 0 aromatic heterocycles. The van der Waals surface area contributed by atoms with Gasteiger partial charge in [0.1, 0.15) is 0 Å². The van der Waals surface area contributed by atoms with Crippen LogP contribution < -0.4 is 11.1 Å². The lowest BCUT2D eigenvalue weighted by Gasteiger charge is -2.37. The fourth-order valence-electron chi connectivity index (χ4n) is 2.61. The van der Waals surface area contributed by atoms with E-state index < -0.39 is 6.04 Å². The molecule has 2 unspecified atom stereocenters. The van der Waals surface area contributed by atoms with E-state index >= 15 is 0 Å². The lowest BCUT2D eigenvalue weighted by molar-refractivity contribution is -0.138. The van der Waals surface area contributed by atoms with E-state index in [-0.39, 0.29) is 23.8 Å². The molecule has 2 heterocycles. The monoisotopic (exact) mass is 225 g/mol. The van der Waals surface area contributed by atoms with Crippen molar-refractivity contribution in [3.05, 3.63) is 0 Å². The van der Waals surface area contributed by atoms with Gasteiger partial charge in [-0.15, -0.1) is 0 Å². The van der Waals surface area contributed by atoms with Crippen LogP contribution in [0.25, 0.3) is 0 Å². The largest absolute Gasteiger partial charge is 0.354 e. The van der Waals surface area contributed by atoms with Gasteiger partial charge in [0.25, 0.3) is 0 Å². The SMILES string of the molecule is CC[C@H](N)C(=O)N1CCCC2C(=O)NCC21. The Kier molecular flexibility index (Phi) is 3.14. The zero-order chi connectivity index (χ0) is 11.7. The van der Waals surface area contributed by atoms with Gasteiger partial charge in [0.2, 0.25) is 11.8 Å². The summed E-state index contributed by atoms with van der Waals surface area (Å²) in [6, 6.07) is -0.388. The van der Waals surface area contributed by atoms with Crippen LogP contribution in [0.4, 0.5) is 0 Å². The Hall–Kier alpha value is -1.10. The summed E-state index contributed by atoms with van der Waals surface area (Å²) >= 11 is 0. The average molecular weight is 225 g/mol. The van der Waals surface area contributed by atoms with Gasteiger partial charge in [0.05, 0.1) is 18.0 Å². The molecule has 0 aromatic rings. The summed E-state index contributed by atoms with van der Waals surface area (Å²) in [4.78, 5) is 25.4. The van der Waals surface area contributed by atoms with Crippen LogP contribution in [-0.4, -0.2) is 41.9 Å². The highest BCUT2D eigenvalue weighted by Gasteiger charge is 2.43. The van der Waals surface area contributed by atoms with Gasteiger partial charge in [-0.2, -0.15) is 0 Å². The molecule has 5 heteroatoms. The van der Waals surface area contributed by atoms with Crippen LogP contribution in [0.1, 0.15) is 26.2 Å². The molecule has 2 saturated heterocycles. The second kappa shape index (κ2) is 4.41. The van der Waals surface area contributed by atoms with Crippen molar-refractivity contribution in [1.82, 2.24) is 10.2 Å². The summed E-state index contributed by atoms with van der Waals surface area (Å²) in [6.07, 6.45) is 2.44. The summed E-state index contributed by atoms with van der Waals surface area (Å²) in [5.41, 5.74) is 5.77. The van der Waals surface area contributed by atoms with Gasteiger partial charge >= 0.3 is 0 Å². The molecule has 3 N–H and O–H groups in total. The van der Waals surface area contributed by atoms with Crippen molar-refractivity contribution < 1.29 is 9.59 Å². The first-order valence-corrected chi connectivity index (χ1v) is 5.99.